The maximum atomic E-state index is 2.33. The third kappa shape index (κ3) is 2.47. The summed E-state index contributed by atoms with van der Waals surface area (Å²) in [7, 11) is 4.34. The lowest BCUT2D eigenvalue weighted by Gasteiger charge is -2.21. The predicted octanol–water partition coefficient (Wildman–Crippen LogP) is -1.90. The van der Waals surface area contributed by atoms with E-state index in [2.05, 4.69) is 63.3 Å². The highest BCUT2D eigenvalue weighted by molar-refractivity contribution is 5.59. The van der Waals surface area contributed by atoms with Gasteiger partial charge in [0.25, 0.3) is 0 Å². The fraction of sp³-hybridized carbons (Fsp3) is 0.385. The molecule has 2 unspecified atom stereocenters. The molecule has 0 spiro atoms. The van der Waals surface area contributed by atoms with Gasteiger partial charge in [0.15, 0.2) is 5.70 Å². The second kappa shape index (κ2) is 5.29. The zero-order chi connectivity index (χ0) is 11.0. The number of halogens is 1. The number of nitrogens with zero attached hydrogens (tertiary/aromatic N) is 1. The smallest absolute Gasteiger partial charge is 0.155 e. The van der Waals surface area contributed by atoms with Gasteiger partial charge in [0.2, 0.25) is 0 Å². The maximum absolute atomic E-state index is 2.33. The molecule has 0 fully saturated rings. The maximum Gasteiger partial charge on any atom is 0.155 e. The molecule has 3 heteroatoms. The van der Waals surface area contributed by atoms with Crippen LogP contribution >= 0.6 is 0 Å². The summed E-state index contributed by atoms with van der Waals surface area (Å²) in [6, 6.07) is 9.27. The number of benzene rings is 1. The molecule has 1 aliphatic rings. The molecule has 2 nitrogen and oxygen atoms in total. The largest absolute Gasteiger partial charge is 1.00 e. The van der Waals surface area contributed by atoms with Gasteiger partial charge in [-0.1, -0.05) is 17.7 Å². The Labute approximate surface area is 115 Å². The Bertz CT molecular complexity index is 383. The first-order valence-corrected chi connectivity index (χ1v) is 5.45. The Morgan fingerprint density at radius 2 is 1.75 bits per heavy atom. The summed E-state index contributed by atoms with van der Waals surface area (Å²) in [5, 5.41) is 3.68. The van der Waals surface area contributed by atoms with Crippen LogP contribution in [0, 0.1) is 6.92 Å². The third-order valence-electron chi connectivity index (χ3n) is 3.30. The SMILES string of the molecule is Cc1ccc(C2=CC(C)N(C)[NH+]2C)cc1.[I-]. The van der Waals surface area contributed by atoms with Gasteiger partial charge in [-0.15, -0.1) is 5.01 Å². The van der Waals surface area contributed by atoms with Gasteiger partial charge in [0.05, 0.1) is 13.1 Å². The molecule has 0 saturated carbocycles. The molecule has 1 aliphatic heterocycles. The van der Waals surface area contributed by atoms with E-state index in [9.17, 15) is 0 Å². The average Bonchev–Trinajstić information content (AvgIpc) is 2.47. The topological polar surface area (TPSA) is 7.68 Å². The fourth-order valence-electron chi connectivity index (χ4n) is 2.01. The molecular formula is C13H19IN2. The van der Waals surface area contributed by atoms with Crippen LogP contribution in [0.4, 0.5) is 0 Å². The Hall–Kier alpha value is -0.390. The van der Waals surface area contributed by atoms with Crippen LogP contribution in [0.2, 0.25) is 0 Å². The molecule has 0 aromatic heterocycles. The Balaban J connectivity index is 0.00000128. The normalized spacial score (nSPS) is 25.1. The van der Waals surface area contributed by atoms with E-state index in [4.69, 9.17) is 0 Å². The number of hydrogen-bond acceptors (Lipinski definition) is 1. The van der Waals surface area contributed by atoms with Crippen molar-refractivity contribution in [3.63, 3.8) is 0 Å². The van der Waals surface area contributed by atoms with Crippen LogP contribution in [0.1, 0.15) is 18.1 Å². The third-order valence-corrected chi connectivity index (χ3v) is 3.30. The highest BCUT2D eigenvalue weighted by atomic mass is 127. The van der Waals surface area contributed by atoms with Crippen molar-refractivity contribution >= 4 is 5.70 Å². The summed E-state index contributed by atoms with van der Waals surface area (Å²) < 4.78 is 0. The number of rotatable bonds is 1. The fourth-order valence-corrected chi connectivity index (χ4v) is 2.01. The minimum atomic E-state index is 0. The Morgan fingerprint density at radius 1 is 1.19 bits per heavy atom. The van der Waals surface area contributed by atoms with Gasteiger partial charge < -0.3 is 24.0 Å². The van der Waals surface area contributed by atoms with Gasteiger partial charge in [-0.05, 0) is 26.0 Å². The molecule has 0 amide bonds. The quantitative estimate of drug-likeness (QED) is 0.592. The molecule has 88 valence electrons. The molecule has 16 heavy (non-hydrogen) atoms. The van der Waals surface area contributed by atoms with E-state index in [1.165, 1.54) is 21.8 Å². The minimum absolute atomic E-state index is 0. The molecule has 0 bridgehead atoms. The van der Waals surface area contributed by atoms with E-state index < -0.39 is 0 Å². The first-order valence-electron chi connectivity index (χ1n) is 5.45. The lowest BCUT2D eigenvalue weighted by molar-refractivity contribution is -0.927. The zero-order valence-corrected chi connectivity index (χ0v) is 12.4. The van der Waals surface area contributed by atoms with Crippen molar-refractivity contribution in [3.8, 4) is 0 Å². The van der Waals surface area contributed by atoms with Crippen molar-refractivity contribution in [2.24, 2.45) is 0 Å². The second-order valence-electron chi connectivity index (χ2n) is 4.38. The summed E-state index contributed by atoms with van der Waals surface area (Å²) >= 11 is 0. The van der Waals surface area contributed by atoms with Crippen molar-refractivity contribution in [1.29, 1.82) is 0 Å². The number of quaternary nitrogens is 1. The van der Waals surface area contributed by atoms with Crippen LogP contribution < -0.4 is 29.0 Å². The van der Waals surface area contributed by atoms with Crippen LogP contribution in [0.15, 0.2) is 30.3 Å². The lowest BCUT2D eigenvalue weighted by Crippen LogP contribution is -3.11. The molecule has 1 aromatic carbocycles. The number of aryl methyl sites for hydroxylation is 1. The van der Waals surface area contributed by atoms with E-state index in [0.717, 1.165) is 0 Å². The minimum Gasteiger partial charge on any atom is -1.00 e. The summed E-state index contributed by atoms with van der Waals surface area (Å²) in [4.78, 5) is 0. The van der Waals surface area contributed by atoms with Gasteiger partial charge in [0.1, 0.15) is 0 Å². The Kier molecular flexibility index (Phi) is 4.52. The number of nitrogens with one attached hydrogen (secondary N) is 1. The molecule has 0 saturated heterocycles. The molecular weight excluding hydrogens is 311 g/mol. The van der Waals surface area contributed by atoms with Gasteiger partial charge >= 0.3 is 0 Å². The molecule has 0 radical (unpaired) electrons. The average molecular weight is 330 g/mol. The molecule has 1 N–H and O–H groups in total. The van der Waals surface area contributed by atoms with Crippen molar-refractivity contribution < 1.29 is 29.0 Å². The summed E-state index contributed by atoms with van der Waals surface area (Å²) in [6.07, 6.45) is 2.33. The first-order chi connectivity index (χ1) is 7.09. The van der Waals surface area contributed by atoms with Crippen molar-refractivity contribution in [2.75, 3.05) is 14.1 Å². The van der Waals surface area contributed by atoms with Gasteiger partial charge in [-0.2, -0.15) is 0 Å². The van der Waals surface area contributed by atoms with Crippen molar-refractivity contribution in [2.45, 2.75) is 19.9 Å². The van der Waals surface area contributed by atoms with Crippen molar-refractivity contribution in [3.05, 3.63) is 41.5 Å². The van der Waals surface area contributed by atoms with E-state index >= 15 is 0 Å². The lowest BCUT2D eigenvalue weighted by atomic mass is 10.1. The van der Waals surface area contributed by atoms with Crippen molar-refractivity contribution in [1.82, 2.24) is 5.01 Å². The molecule has 0 aliphatic carbocycles. The van der Waals surface area contributed by atoms with E-state index in [1.807, 2.05) is 0 Å². The highest BCUT2D eigenvalue weighted by Crippen LogP contribution is 2.15. The van der Waals surface area contributed by atoms with E-state index in [0.29, 0.717) is 6.04 Å². The molecule has 1 heterocycles. The van der Waals surface area contributed by atoms with Crippen LogP contribution in [0.25, 0.3) is 5.70 Å². The summed E-state index contributed by atoms with van der Waals surface area (Å²) in [5.41, 5.74) is 4.02. The predicted molar refractivity (Wildman–Crippen MR) is 63.3 cm³/mol. The molecule has 2 atom stereocenters. The van der Waals surface area contributed by atoms with Gasteiger partial charge in [-0.25, -0.2) is 5.01 Å². The molecule has 1 aromatic rings. The van der Waals surface area contributed by atoms with Crippen LogP contribution in [-0.2, 0) is 0 Å². The summed E-state index contributed by atoms with van der Waals surface area (Å²) in [6.45, 7) is 4.35. The van der Waals surface area contributed by atoms with Crippen LogP contribution in [0.5, 0.6) is 0 Å². The zero-order valence-electron chi connectivity index (χ0n) is 10.3. The monoisotopic (exact) mass is 330 g/mol. The Morgan fingerprint density at radius 3 is 2.19 bits per heavy atom. The highest BCUT2D eigenvalue weighted by Gasteiger charge is 2.29. The standard InChI is InChI=1S/C13H18N2.HI/c1-10-5-7-12(8-6-10)13-9-11(2)14(3)15(13)4;/h5-9,11H,1-4H3;1H. The van der Waals surface area contributed by atoms with E-state index in [1.54, 1.807) is 0 Å². The summed E-state index contributed by atoms with van der Waals surface area (Å²) in [5.74, 6) is 0. The van der Waals surface area contributed by atoms with E-state index in [-0.39, 0.29) is 24.0 Å². The number of hydrogen-bond donors (Lipinski definition) is 1. The van der Waals surface area contributed by atoms with Gasteiger partial charge in [0, 0.05) is 18.7 Å². The second-order valence-corrected chi connectivity index (χ2v) is 4.38. The number of likely N-dealkylation sites (N-methyl/N-ethyl adjacent to an activating group) is 1. The van der Waals surface area contributed by atoms with Gasteiger partial charge in [-0.3, -0.25) is 0 Å². The first kappa shape index (κ1) is 13.7. The molecule has 2 rings (SSSR count). The van der Waals surface area contributed by atoms with Crippen LogP contribution in [0.3, 0.4) is 0 Å². The van der Waals surface area contributed by atoms with Crippen LogP contribution in [-0.4, -0.2) is 25.1 Å².